The van der Waals surface area contributed by atoms with Gasteiger partial charge < -0.3 is 4.52 Å². The number of rotatable bonds is 8. The van der Waals surface area contributed by atoms with Crippen LogP contribution in [-0.4, -0.2) is 30.0 Å². The molecule has 0 aliphatic heterocycles. The maximum absolute atomic E-state index is 13.1. The van der Waals surface area contributed by atoms with Gasteiger partial charge in [-0.05, 0) is 69.1 Å². The predicted molar refractivity (Wildman–Crippen MR) is 104 cm³/mol. The molecule has 0 spiro atoms. The third-order valence-electron chi connectivity index (χ3n) is 5.75. The van der Waals surface area contributed by atoms with Gasteiger partial charge in [0.2, 0.25) is 0 Å². The number of phosphoric ester groups is 1. The molecular weight excluding hydrogens is 371 g/mol. The number of carbonyl (C=O) groups excluding carboxylic acids is 1. The molecule has 26 heavy (non-hydrogen) atoms. The van der Waals surface area contributed by atoms with Gasteiger partial charge in [0.05, 0.1) is 18.5 Å². The first-order valence-corrected chi connectivity index (χ1v) is 12.5. The molecule has 0 heterocycles. The highest BCUT2D eigenvalue weighted by molar-refractivity contribution is 8.00. The van der Waals surface area contributed by atoms with Crippen molar-refractivity contribution in [3.05, 3.63) is 11.3 Å². The van der Waals surface area contributed by atoms with E-state index in [1.54, 1.807) is 25.6 Å². The van der Waals surface area contributed by atoms with Gasteiger partial charge in [-0.15, -0.1) is 11.8 Å². The second-order valence-corrected chi connectivity index (χ2v) is 10.2. The lowest BCUT2D eigenvalue weighted by atomic mass is 9.65. The van der Waals surface area contributed by atoms with E-state index < -0.39 is 7.82 Å². The summed E-state index contributed by atoms with van der Waals surface area (Å²) in [6, 6.07) is 0. The zero-order chi connectivity index (χ0) is 18.7. The molecule has 5 nitrogen and oxygen atoms in total. The SMILES string of the molecule is CCOP(=O)(OCC)OC1=C2CCC[C@@H]2C2CCCC(=O)[C@@H]2[C@@H]1SCC. The van der Waals surface area contributed by atoms with E-state index in [0.29, 0.717) is 24.0 Å². The van der Waals surface area contributed by atoms with Gasteiger partial charge in [-0.3, -0.25) is 13.8 Å². The van der Waals surface area contributed by atoms with Gasteiger partial charge in [-0.2, -0.15) is 0 Å². The molecule has 148 valence electrons. The van der Waals surface area contributed by atoms with E-state index in [1.807, 2.05) is 0 Å². The lowest BCUT2D eigenvalue weighted by molar-refractivity contribution is -0.127. The van der Waals surface area contributed by atoms with E-state index in [1.165, 1.54) is 5.57 Å². The molecular formula is C19H31O5PS. The van der Waals surface area contributed by atoms with Gasteiger partial charge in [0, 0.05) is 12.3 Å². The molecule has 0 N–H and O–H groups in total. The first kappa shape index (κ1) is 20.4. The number of ketones is 1. The number of Topliss-reactive ketones (excluding diaryl/α,β-unsaturated/α-hetero) is 1. The molecule has 4 atom stereocenters. The molecule has 2 fully saturated rings. The van der Waals surface area contributed by atoms with Crippen LogP contribution in [0.15, 0.2) is 11.3 Å². The van der Waals surface area contributed by atoms with Gasteiger partial charge in [0.15, 0.2) is 0 Å². The smallest absolute Gasteiger partial charge is 0.407 e. The molecule has 0 saturated heterocycles. The Labute approximate surface area is 161 Å². The van der Waals surface area contributed by atoms with Gasteiger partial charge in [-0.25, -0.2) is 4.57 Å². The molecule has 0 aromatic heterocycles. The third-order valence-corrected chi connectivity index (χ3v) is 8.52. The van der Waals surface area contributed by atoms with Crippen molar-refractivity contribution in [3.63, 3.8) is 0 Å². The fourth-order valence-corrected chi connectivity index (χ4v) is 7.56. The van der Waals surface area contributed by atoms with Crippen LogP contribution < -0.4 is 0 Å². The van der Waals surface area contributed by atoms with Crippen LogP contribution in [0.2, 0.25) is 0 Å². The first-order chi connectivity index (χ1) is 12.5. The second kappa shape index (κ2) is 8.81. The maximum atomic E-state index is 13.1. The minimum atomic E-state index is -3.65. The Balaban J connectivity index is 2.00. The van der Waals surface area contributed by atoms with Crippen LogP contribution in [0.5, 0.6) is 0 Å². The summed E-state index contributed by atoms with van der Waals surface area (Å²) in [5.41, 5.74) is 1.27. The molecule has 0 aromatic carbocycles. The van der Waals surface area contributed by atoms with Crippen molar-refractivity contribution in [1.82, 2.24) is 0 Å². The average Bonchev–Trinajstić information content (AvgIpc) is 3.08. The van der Waals surface area contributed by atoms with Crippen molar-refractivity contribution in [2.45, 2.75) is 64.5 Å². The molecule has 0 bridgehead atoms. The van der Waals surface area contributed by atoms with Crippen LogP contribution in [0.1, 0.15) is 59.3 Å². The minimum Gasteiger partial charge on any atom is -0.407 e. The largest absolute Gasteiger partial charge is 0.529 e. The highest BCUT2D eigenvalue weighted by Crippen LogP contribution is 2.59. The van der Waals surface area contributed by atoms with Gasteiger partial charge >= 0.3 is 7.82 Å². The summed E-state index contributed by atoms with van der Waals surface area (Å²) in [5.74, 6) is 2.77. The summed E-state index contributed by atoms with van der Waals surface area (Å²) in [5, 5.41) is -0.0589. The zero-order valence-electron chi connectivity index (χ0n) is 16.1. The Morgan fingerprint density at radius 3 is 2.42 bits per heavy atom. The summed E-state index contributed by atoms with van der Waals surface area (Å²) in [7, 11) is -3.65. The number of hydrogen-bond donors (Lipinski definition) is 0. The molecule has 3 rings (SSSR count). The molecule has 3 aliphatic carbocycles. The van der Waals surface area contributed by atoms with E-state index in [9.17, 15) is 9.36 Å². The van der Waals surface area contributed by atoms with Gasteiger partial charge in [0.25, 0.3) is 0 Å². The van der Waals surface area contributed by atoms with Crippen molar-refractivity contribution < 1.29 is 22.9 Å². The zero-order valence-corrected chi connectivity index (χ0v) is 17.8. The van der Waals surface area contributed by atoms with Crippen LogP contribution in [-0.2, 0) is 22.9 Å². The number of allylic oxidation sites excluding steroid dienone is 1. The Hall–Kier alpha value is -0.290. The standard InChI is InChI=1S/C19H31O5PS/c1-4-22-25(21,23-5-2)24-18-15-11-7-9-13(15)14-10-8-12-16(20)17(14)19(18)26-6-3/h13-14,17,19H,4-12H2,1-3H3/t13-,14?,17-,19+/m1/s1. The predicted octanol–water partition coefficient (Wildman–Crippen LogP) is 5.36. The number of phosphoric acid groups is 1. The van der Waals surface area contributed by atoms with Crippen LogP contribution in [0.25, 0.3) is 0 Å². The van der Waals surface area contributed by atoms with E-state index in [0.717, 1.165) is 43.6 Å². The molecule has 3 aliphatic rings. The fourth-order valence-electron chi connectivity index (χ4n) is 4.93. The van der Waals surface area contributed by atoms with Crippen LogP contribution >= 0.6 is 19.6 Å². The molecule has 0 amide bonds. The number of hydrogen-bond acceptors (Lipinski definition) is 6. The third kappa shape index (κ3) is 3.94. The quantitative estimate of drug-likeness (QED) is 0.510. The normalized spacial score (nSPS) is 31.7. The highest BCUT2D eigenvalue weighted by atomic mass is 32.2. The summed E-state index contributed by atoms with van der Waals surface area (Å²) < 4.78 is 29.9. The van der Waals surface area contributed by atoms with Crippen molar-refractivity contribution >= 4 is 25.4 Å². The molecule has 1 unspecified atom stereocenters. The van der Waals surface area contributed by atoms with Crippen LogP contribution in [0, 0.1) is 17.8 Å². The summed E-state index contributed by atoms with van der Waals surface area (Å²) >= 11 is 1.74. The Morgan fingerprint density at radius 2 is 1.77 bits per heavy atom. The maximum Gasteiger partial charge on any atom is 0.529 e. The summed E-state index contributed by atoms with van der Waals surface area (Å²) in [4.78, 5) is 12.8. The number of thioether (sulfide) groups is 1. The average molecular weight is 402 g/mol. The Morgan fingerprint density at radius 1 is 1.08 bits per heavy atom. The summed E-state index contributed by atoms with van der Waals surface area (Å²) in [6.07, 6.45) is 5.96. The van der Waals surface area contributed by atoms with E-state index in [-0.39, 0.29) is 24.4 Å². The van der Waals surface area contributed by atoms with E-state index >= 15 is 0 Å². The fraction of sp³-hybridized carbons (Fsp3) is 0.842. The Bertz CT molecular complexity index is 595. The van der Waals surface area contributed by atoms with Gasteiger partial charge in [0.1, 0.15) is 11.5 Å². The molecule has 0 aromatic rings. The number of fused-ring (bicyclic) bond motifs is 3. The molecule has 7 heteroatoms. The van der Waals surface area contributed by atoms with Crippen LogP contribution in [0.3, 0.4) is 0 Å². The highest BCUT2D eigenvalue weighted by Gasteiger charge is 2.51. The van der Waals surface area contributed by atoms with E-state index in [2.05, 4.69) is 6.92 Å². The topological polar surface area (TPSA) is 61.8 Å². The lowest BCUT2D eigenvalue weighted by Gasteiger charge is -2.44. The second-order valence-electron chi connectivity index (χ2n) is 7.19. The Kier molecular flexibility index (Phi) is 6.93. The van der Waals surface area contributed by atoms with Crippen LogP contribution in [0.4, 0.5) is 0 Å². The van der Waals surface area contributed by atoms with Crippen molar-refractivity contribution in [1.29, 1.82) is 0 Å². The van der Waals surface area contributed by atoms with Crippen molar-refractivity contribution in [2.24, 2.45) is 17.8 Å². The number of carbonyl (C=O) groups is 1. The van der Waals surface area contributed by atoms with Gasteiger partial charge in [-0.1, -0.05) is 6.92 Å². The lowest BCUT2D eigenvalue weighted by Crippen LogP contribution is -2.44. The monoisotopic (exact) mass is 402 g/mol. The van der Waals surface area contributed by atoms with Crippen molar-refractivity contribution in [2.75, 3.05) is 19.0 Å². The molecule has 2 saturated carbocycles. The minimum absolute atomic E-state index is 0.0211. The summed E-state index contributed by atoms with van der Waals surface area (Å²) in [6.45, 7) is 6.19. The van der Waals surface area contributed by atoms with E-state index in [4.69, 9.17) is 13.6 Å². The first-order valence-electron chi connectivity index (χ1n) is 10.0. The van der Waals surface area contributed by atoms with Crippen molar-refractivity contribution in [3.8, 4) is 0 Å². The molecule has 0 radical (unpaired) electrons.